The molecule has 0 spiro atoms. The van der Waals surface area contributed by atoms with Crippen LogP contribution in [0.25, 0.3) is 0 Å². The van der Waals surface area contributed by atoms with Gasteiger partial charge in [0.2, 0.25) is 11.8 Å². The minimum absolute atomic E-state index is 0.115. The van der Waals surface area contributed by atoms with Crippen molar-refractivity contribution in [1.82, 2.24) is 10.6 Å². The number of benzene rings is 1. The van der Waals surface area contributed by atoms with Gasteiger partial charge in [0, 0.05) is 12.1 Å². The van der Waals surface area contributed by atoms with Gasteiger partial charge in [-0.05, 0) is 35.7 Å². The molecule has 0 saturated carbocycles. The second-order valence-corrected chi connectivity index (χ2v) is 5.95. The van der Waals surface area contributed by atoms with E-state index >= 15 is 0 Å². The summed E-state index contributed by atoms with van der Waals surface area (Å²) in [6.45, 7) is 3.89. The van der Waals surface area contributed by atoms with Crippen LogP contribution in [0.3, 0.4) is 0 Å². The van der Waals surface area contributed by atoms with Crippen LogP contribution in [-0.4, -0.2) is 23.8 Å². The second-order valence-electron chi connectivity index (χ2n) is 5.95. The highest BCUT2D eigenvalue weighted by Gasteiger charge is 2.25. The molecule has 0 aliphatic rings. The van der Waals surface area contributed by atoms with Gasteiger partial charge in [-0.15, -0.1) is 0 Å². The summed E-state index contributed by atoms with van der Waals surface area (Å²) in [4.78, 5) is 35.7. The number of carbonyl (C=O) groups is 3. The summed E-state index contributed by atoms with van der Waals surface area (Å²) in [7, 11) is 0. The van der Waals surface area contributed by atoms with Crippen molar-refractivity contribution in [2.75, 3.05) is 0 Å². The SMILES string of the molecule is CC(C)C(NC(=O)c1ccco1)C(=O)NCc1cccc(C(N)=O)c1. The van der Waals surface area contributed by atoms with Gasteiger partial charge in [0.25, 0.3) is 5.91 Å². The van der Waals surface area contributed by atoms with Crippen molar-refractivity contribution >= 4 is 17.7 Å². The van der Waals surface area contributed by atoms with E-state index in [0.29, 0.717) is 5.56 Å². The number of amides is 3. The minimum atomic E-state index is -0.711. The fourth-order valence-corrected chi connectivity index (χ4v) is 2.29. The van der Waals surface area contributed by atoms with E-state index in [-0.39, 0.29) is 24.1 Å². The Morgan fingerprint density at radius 3 is 2.52 bits per heavy atom. The number of furan rings is 1. The number of nitrogens with two attached hydrogens (primary N) is 1. The fourth-order valence-electron chi connectivity index (χ4n) is 2.29. The van der Waals surface area contributed by atoms with Crippen LogP contribution in [0, 0.1) is 5.92 Å². The van der Waals surface area contributed by atoms with Crippen LogP contribution in [0.2, 0.25) is 0 Å². The van der Waals surface area contributed by atoms with Crippen molar-refractivity contribution < 1.29 is 18.8 Å². The van der Waals surface area contributed by atoms with Crippen molar-refractivity contribution in [1.29, 1.82) is 0 Å². The third kappa shape index (κ3) is 4.94. The van der Waals surface area contributed by atoms with E-state index in [9.17, 15) is 14.4 Å². The highest BCUT2D eigenvalue weighted by atomic mass is 16.3. The molecular weight excluding hydrogens is 322 g/mol. The zero-order valence-corrected chi connectivity index (χ0v) is 14.1. The van der Waals surface area contributed by atoms with Crippen LogP contribution in [0.15, 0.2) is 47.1 Å². The molecule has 1 atom stereocenters. The lowest BCUT2D eigenvalue weighted by molar-refractivity contribution is -0.124. The number of hydrogen-bond acceptors (Lipinski definition) is 4. The van der Waals surface area contributed by atoms with Crippen LogP contribution in [-0.2, 0) is 11.3 Å². The van der Waals surface area contributed by atoms with E-state index in [4.69, 9.17) is 10.2 Å². The van der Waals surface area contributed by atoms with E-state index in [1.807, 2.05) is 13.8 Å². The Kier molecular flexibility index (Phi) is 5.94. The van der Waals surface area contributed by atoms with Crippen LogP contribution in [0.1, 0.15) is 40.3 Å². The molecule has 25 heavy (non-hydrogen) atoms. The van der Waals surface area contributed by atoms with Crippen LogP contribution in [0.4, 0.5) is 0 Å². The van der Waals surface area contributed by atoms with E-state index in [1.54, 1.807) is 30.3 Å². The zero-order valence-electron chi connectivity index (χ0n) is 14.1. The molecule has 132 valence electrons. The molecule has 0 bridgehead atoms. The number of hydrogen-bond donors (Lipinski definition) is 3. The van der Waals surface area contributed by atoms with Gasteiger partial charge < -0.3 is 20.8 Å². The van der Waals surface area contributed by atoms with Crippen LogP contribution >= 0.6 is 0 Å². The number of rotatable bonds is 7. The summed E-state index contributed by atoms with van der Waals surface area (Å²) in [5.74, 6) is -1.27. The minimum Gasteiger partial charge on any atom is -0.459 e. The monoisotopic (exact) mass is 343 g/mol. The first kappa shape index (κ1) is 18.3. The topological polar surface area (TPSA) is 114 Å². The van der Waals surface area contributed by atoms with Gasteiger partial charge >= 0.3 is 0 Å². The largest absolute Gasteiger partial charge is 0.459 e. The molecule has 0 aliphatic carbocycles. The lowest BCUT2D eigenvalue weighted by atomic mass is 10.0. The number of primary amides is 1. The maximum Gasteiger partial charge on any atom is 0.287 e. The van der Waals surface area contributed by atoms with Gasteiger partial charge in [0.1, 0.15) is 6.04 Å². The Morgan fingerprint density at radius 1 is 1.16 bits per heavy atom. The predicted molar refractivity (Wildman–Crippen MR) is 91.6 cm³/mol. The Bertz CT molecular complexity index is 753. The van der Waals surface area contributed by atoms with E-state index < -0.39 is 17.9 Å². The molecule has 0 aliphatic heterocycles. The molecule has 1 heterocycles. The maximum absolute atomic E-state index is 12.4. The average Bonchev–Trinajstić information content (AvgIpc) is 3.12. The van der Waals surface area contributed by atoms with E-state index in [0.717, 1.165) is 5.56 Å². The van der Waals surface area contributed by atoms with Gasteiger partial charge in [-0.3, -0.25) is 14.4 Å². The quantitative estimate of drug-likeness (QED) is 0.706. The first-order valence-corrected chi connectivity index (χ1v) is 7.89. The Hall–Kier alpha value is -3.09. The first-order valence-electron chi connectivity index (χ1n) is 7.89. The molecule has 0 saturated heterocycles. The molecule has 7 nitrogen and oxygen atoms in total. The normalized spacial score (nSPS) is 11.8. The average molecular weight is 343 g/mol. The molecule has 2 rings (SSSR count). The smallest absolute Gasteiger partial charge is 0.287 e. The maximum atomic E-state index is 12.4. The van der Waals surface area contributed by atoms with Crippen molar-refractivity contribution in [2.24, 2.45) is 11.7 Å². The summed E-state index contributed by atoms with van der Waals surface area (Å²) < 4.78 is 5.03. The third-order valence-corrected chi connectivity index (χ3v) is 3.66. The van der Waals surface area contributed by atoms with Crippen molar-refractivity contribution in [3.8, 4) is 0 Å². The van der Waals surface area contributed by atoms with Crippen LogP contribution in [0.5, 0.6) is 0 Å². The Labute approximate surface area is 145 Å². The highest BCUT2D eigenvalue weighted by molar-refractivity contribution is 5.95. The summed E-state index contributed by atoms with van der Waals surface area (Å²) in [6, 6.07) is 9.11. The zero-order chi connectivity index (χ0) is 18.4. The molecule has 1 unspecified atom stereocenters. The van der Waals surface area contributed by atoms with Gasteiger partial charge in [-0.25, -0.2) is 0 Å². The third-order valence-electron chi connectivity index (χ3n) is 3.66. The van der Waals surface area contributed by atoms with E-state index in [1.165, 1.54) is 12.3 Å². The van der Waals surface area contributed by atoms with E-state index in [2.05, 4.69) is 10.6 Å². The number of nitrogens with one attached hydrogen (secondary N) is 2. The van der Waals surface area contributed by atoms with Gasteiger partial charge in [0.05, 0.1) is 6.26 Å². The summed E-state index contributed by atoms with van der Waals surface area (Å²) >= 11 is 0. The molecule has 7 heteroatoms. The Morgan fingerprint density at radius 2 is 1.92 bits per heavy atom. The highest BCUT2D eigenvalue weighted by Crippen LogP contribution is 2.08. The molecule has 0 fully saturated rings. The van der Waals surface area contributed by atoms with Crippen molar-refractivity contribution in [2.45, 2.75) is 26.4 Å². The predicted octanol–water partition coefficient (Wildman–Crippen LogP) is 1.45. The summed E-state index contributed by atoms with van der Waals surface area (Å²) in [5.41, 5.74) is 6.36. The van der Waals surface area contributed by atoms with Gasteiger partial charge in [-0.2, -0.15) is 0 Å². The lowest BCUT2D eigenvalue weighted by Crippen LogP contribution is -2.49. The molecular formula is C18H21N3O4. The lowest BCUT2D eigenvalue weighted by Gasteiger charge is -2.21. The van der Waals surface area contributed by atoms with Gasteiger partial charge in [-0.1, -0.05) is 26.0 Å². The standard InChI is InChI=1S/C18H21N3O4/c1-11(2)15(21-17(23)14-7-4-8-25-14)18(24)20-10-12-5-3-6-13(9-12)16(19)22/h3-9,11,15H,10H2,1-2H3,(H2,19,22)(H,20,24)(H,21,23). The second kappa shape index (κ2) is 8.14. The van der Waals surface area contributed by atoms with Crippen molar-refractivity contribution in [3.63, 3.8) is 0 Å². The first-order chi connectivity index (χ1) is 11.9. The molecule has 4 N–H and O–H groups in total. The van der Waals surface area contributed by atoms with Crippen LogP contribution < -0.4 is 16.4 Å². The molecule has 3 amide bonds. The van der Waals surface area contributed by atoms with Crippen molar-refractivity contribution in [3.05, 3.63) is 59.5 Å². The fraction of sp³-hybridized carbons (Fsp3) is 0.278. The number of carbonyl (C=O) groups excluding carboxylic acids is 3. The molecule has 1 aromatic carbocycles. The molecule has 1 aromatic heterocycles. The van der Waals surface area contributed by atoms with Gasteiger partial charge in [0.15, 0.2) is 5.76 Å². The Balaban J connectivity index is 1.99. The summed E-state index contributed by atoms with van der Waals surface area (Å²) in [6.07, 6.45) is 1.39. The molecule has 2 aromatic rings. The summed E-state index contributed by atoms with van der Waals surface area (Å²) in [5, 5.41) is 5.43. The molecule has 0 radical (unpaired) electrons.